The van der Waals surface area contributed by atoms with Gasteiger partial charge in [-0.3, -0.25) is 9.59 Å². The lowest BCUT2D eigenvalue weighted by atomic mass is 10.2. The standard InChI is InChI=1S/C16H19BrO5S/c1-10-14(18)15(16(19)21-8-4-3-7-17)23-13-9-11(20-2)5-6-12(13)22-10/h5-6,9-10,15H,3-4,7-8H2,1-2H3. The van der Waals surface area contributed by atoms with Crippen LogP contribution in [0.25, 0.3) is 0 Å². The molecule has 5 nitrogen and oxygen atoms in total. The summed E-state index contributed by atoms with van der Waals surface area (Å²) in [7, 11) is 1.56. The molecule has 1 aliphatic heterocycles. The lowest BCUT2D eigenvalue weighted by Crippen LogP contribution is -2.36. The molecule has 2 atom stereocenters. The van der Waals surface area contributed by atoms with Crippen LogP contribution >= 0.6 is 27.7 Å². The molecule has 0 saturated carbocycles. The van der Waals surface area contributed by atoms with Crippen LogP contribution in [-0.2, 0) is 14.3 Å². The summed E-state index contributed by atoms with van der Waals surface area (Å²) >= 11 is 4.48. The van der Waals surface area contributed by atoms with E-state index in [9.17, 15) is 9.59 Å². The van der Waals surface area contributed by atoms with Gasteiger partial charge in [-0.2, -0.15) is 0 Å². The lowest BCUT2D eigenvalue weighted by molar-refractivity contribution is -0.146. The van der Waals surface area contributed by atoms with E-state index in [1.165, 1.54) is 0 Å². The van der Waals surface area contributed by atoms with Gasteiger partial charge in [-0.1, -0.05) is 27.7 Å². The van der Waals surface area contributed by atoms with Gasteiger partial charge in [0, 0.05) is 5.33 Å². The van der Waals surface area contributed by atoms with Gasteiger partial charge in [-0.15, -0.1) is 0 Å². The number of ketones is 1. The number of ether oxygens (including phenoxy) is 3. The van der Waals surface area contributed by atoms with Crippen LogP contribution in [0.2, 0.25) is 0 Å². The molecule has 2 unspecified atom stereocenters. The van der Waals surface area contributed by atoms with Crippen LogP contribution in [0.15, 0.2) is 23.1 Å². The van der Waals surface area contributed by atoms with Crippen LogP contribution in [0, 0.1) is 0 Å². The fourth-order valence-corrected chi connectivity index (χ4v) is 3.60. The van der Waals surface area contributed by atoms with E-state index < -0.39 is 17.3 Å². The van der Waals surface area contributed by atoms with E-state index in [1.54, 1.807) is 32.2 Å². The number of esters is 1. The van der Waals surface area contributed by atoms with Gasteiger partial charge in [-0.25, -0.2) is 0 Å². The van der Waals surface area contributed by atoms with E-state index in [0.29, 0.717) is 23.0 Å². The summed E-state index contributed by atoms with van der Waals surface area (Å²) in [5.74, 6) is 0.425. The third-order valence-corrected chi connectivity index (χ3v) is 5.14. The summed E-state index contributed by atoms with van der Waals surface area (Å²) in [6.45, 7) is 1.96. The maximum absolute atomic E-state index is 12.4. The highest BCUT2D eigenvalue weighted by Crippen LogP contribution is 2.39. The van der Waals surface area contributed by atoms with Gasteiger partial charge in [0.15, 0.2) is 17.1 Å². The second-order valence-corrected chi connectivity index (χ2v) is 6.98. The van der Waals surface area contributed by atoms with Crippen LogP contribution < -0.4 is 9.47 Å². The molecule has 0 aromatic heterocycles. The Morgan fingerprint density at radius 1 is 1.39 bits per heavy atom. The summed E-state index contributed by atoms with van der Waals surface area (Å²) in [5.41, 5.74) is 0. The number of carbonyl (C=O) groups excluding carboxylic acids is 2. The predicted molar refractivity (Wildman–Crippen MR) is 91.7 cm³/mol. The molecule has 0 spiro atoms. The normalized spacial score (nSPS) is 20.2. The van der Waals surface area contributed by atoms with E-state index in [4.69, 9.17) is 14.2 Å². The summed E-state index contributed by atoms with van der Waals surface area (Å²) in [5, 5.41) is -0.0537. The molecule has 0 radical (unpaired) electrons. The highest BCUT2D eigenvalue weighted by Gasteiger charge is 2.37. The average Bonchev–Trinajstić information content (AvgIpc) is 2.68. The molecule has 0 N–H and O–H groups in total. The Hall–Kier alpha value is -1.21. The van der Waals surface area contributed by atoms with Crippen LogP contribution in [0.1, 0.15) is 19.8 Å². The molecule has 0 amide bonds. The first-order valence-corrected chi connectivity index (χ1v) is 9.34. The number of alkyl halides is 1. The maximum atomic E-state index is 12.4. The number of hydrogen-bond acceptors (Lipinski definition) is 6. The van der Waals surface area contributed by atoms with Gasteiger partial charge in [0.25, 0.3) is 0 Å². The number of fused-ring (bicyclic) bond motifs is 1. The van der Waals surface area contributed by atoms with Crippen molar-refractivity contribution in [2.75, 3.05) is 19.0 Å². The third kappa shape index (κ3) is 4.64. The number of unbranched alkanes of at least 4 members (excludes halogenated alkanes) is 1. The van der Waals surface area contributed by atoms with Gasteiger partial charge >= 0.3 is 5.97 Å². The molecular weight excluding hydrogens is 384 g/mol. The van der Waals surface area contributed by atoms with Crippen molar-refractivity contribution < 1.29 is 23.8 Å². The van der Waals surface area contributed by atoms with Gasteiger partial charge in [0.05, 0.1) is 18.6 Å². The van der Waals surface area contributed by atoms with Crippen LogP contribution in [0.4, 0.5) is 0 Å². The molecule has 1 heterocycles. The Morgan fingerprint density at radius 2 is 2.17 bits per heavy atom. The summed E-state index contributed by atoms with van der Waals surface area (Å²) < 4.78 is 16.1. The SMILES string of the molecule is COc1ccc2c(c1)SC(C(=O)OCCCCBr)C(=O)C(C)O2. The number of carbonyl (C=O) groups is 2. The van der Waals surface area contributed by atoms with Crippen molar-refractivity contribution in [3.8, 4) is 11.5 Å². The first-order valence-electron chi connectivity index (χ1n) is 7.34. The molecule has 0 saturated heterocycles. The summed E-state index contributed by atoms with van der Waals surface area (Å²) in [6, 6.07) is 5.26. The predicted octanol–water partition coefficient (Wildman–Crippen LogP) is 3.22. The van der Waals surface area contributed by atoms with Crippen molar-refractivity contribution in [1.29, 1.82) is 0 Å². The van der Waals surface area contributed by atoms with Crippen LogP contribution in [-0.4, -0.2) is 42.2 Å². The minimum absolute atomic E-state index is 0.282. The van der Waals surface area contributed by atoms with Crippen molar-refractivity contribution in [2.24, 2.45) is 0 Å². The van der Waals surface area contributed by atoms with Gasteiger partial charge in [0.2, 0.25) is 0 Å². The van der Waals surface area contributed by atoms with Gasteiger partial charge in [-0.05, 0) is 38.0 Å². The van der Waals surface area contributed by atoms with E-state index in [1.807, 2.05) is 0 Å². The largest absolute Gasteiger partial charge is 0.497 e. The Balaban J connectivity index is 2.14. The number of methoxy groups -OCH3 is 1. The smallest absolute Gasteiger partial charge is 0.327 e. The van der Waals surface area contributed by atoms with Crippen molar-refractivity contribution in [3.05, 3.63) is 18.2 Å². The molecule has 0 fully saturated rings. The molecule has 2 rings (SSSR count). The van der Waals surface area contributed by atoms with Crippen LogP contribution in [0.3, 0.4) is 0 Å². The zero-order valence-corrected chi connectivity index (χ0v) is 15.4. The molecule has 126 valence electrons. The molecule has 1 aromatic rings. The Bertz CT molecular complexity index is 578. The topological polar surface area (TPSA) is 61.8 Å². The molecule has 23 heavy (non-hydrogen) atoms. The maximum Gasteiger partial charge on any atom is 0.327 e. The Kier molecular flexibility index (Phi) is 6.77. The fourth-order valence-electron chi connectivity index (χ4n) is 2.06. The zero-order chi connectivity index (χ0) is 16.8. The van der Waals surface area contributed by atoms with Crippen LogP contribution in [0.5, 0.6) is 11.5 Å². The Morgan fingerprint density at radius 3 is 2.87 bits per heavy atom. The zero-order valence-electron chi connectivity index (χ0n) is 13.0. The van der Waals surface area contributed by atoms with E-state index >= 15 is 0 Å². The molecule has 7 heteroatoms. The molecular formula is C16H19BrO5S. The summed E-state index contributed by atoms with van der Waals surface area (Å²) in [6.07, 6.45) is 0.981. The molecule has 1 aromatic carbocycles. The third-order valence-electron chi connectivity index (χ3n) is 3.34. The monoisotopic (exact) mass is 402 g/mol. The first kappa shape index (κ1) is 18.1. The Labute approximate surface area is 148 Å². The minimum atomic E-state index is -0.915. The number of Topliss-reactive ketones (excluding diaryl/α,β-unsaturated/α-hetero) is 1. The number of hydrogen-bond donors (Lipinski definition) is 0. The number of thioether (sulfide) groups is 1. The number of halogens is 1. The van der Waals surface area contributed by atoms with Gasteiger partial charge < -0.3 is 14.2 Å². The second kappa shape index (κ2) is 8.59. The molecule has 1 aliphatic rings. The highest BCUT2D eigenvalue weighted by molar-refractivity contribution is 9.09. The van der Waals surface area contributed by atoms with Crippen molar-refractivity contribution in [3.63, 3.8) is 0 Å². The molecule has 0 aliphatic carbocycles. The molecule has 0 bridgehead atoms. The highest BCUT2D eigenvalue weighted by atomic mass is 79.9. The quantitative estimate of drug-likeness (QED) is 0.315. The van der Waals surface area contributed by atoms with Crippen molar-refractivity contribution in [2.45, 2.75) is 36.0 Å². The summed E-state index contributed by atoms with van der Waals surface area (Å²) in [4.78, 5) is 25.4. The van der Waals surface area contributed by atoms with E-state index in [2.05, 4.69) is 15.9 Å². The lowest BCUT2D eigenvalue weighted by Gasteiger charge is -2.14. The van der Waals surface area contributed by atoms with E-state index in [-0.39, 0.29) is 5.78 Å². The average molecular weight is 403 g/mol. The fraction of sp³-hybridized carbons (Fsp3) is 0.500. The van der Waals surface area contributed by atoms with Crippen molar-refractivity contribution >= 4 is 39.4 Å². The van der Waals surface area contributed by atoms with Gasteiger partial charge in [0.1, 0.15) is 11.5 Å². The second-order valence-electron chi connectivity index (χ2n) is 5.04. The number of benzene rings is 1. The number of rotatable bonds is 6. The van der Waals surface area contributed by atoms with Crippen molar-refractivity contribution in [1.82, 2.24) is 0 Å². The minimum Gasteiger partial charge on any atom is -0.497 e. The van der Waals surface area contributed by atoms with E-state index in [0.717, 1.165) is 29.9 Å². The first-order chi connectivity index (χ1) is 11.1.